The largest absolute Gasteiger partial charge is 0.453 e. The van der Waals surface area contributed by atoms with Crippen LogP contribution in [0.25, 0.3) is 11.0 Å². The van der Waals surface area contributed by atoms with Gasteiger partial charge in [-0.15, -0.1) is 11.8 Å². The Hall–Kier alpha value is -3.38. The number of carbonyl (C=O) groups excluding carboxylic acids is 2. The zero-order valence-corrected chi connectivity index (χ0v) is 21.0. The molecule has 6 heteroatoms. The molecule has 2 aromatic carbocycles. The zero-order valence-electron chi connectivity index (χ0n) is 20.2. The van der Waals surface area contributed by atoms with Crippen LogP contribution in [0.2, 0.25) is 0 Å². The number of benzene rings is 2. The van der Waals surface area contributed by atoms with Crippen LogP contribution in [0.15, 0.2) is 92.9 Å². The number of furan rings is 1. The molecule has 0 aliphatic heterocycles. The van der Waals surface area contributed by atoms with Gasteiger partial charge in [0.2, 0.25) is 5.78 Å². The van der Waals surface area contributed by atoms with Crippen LogP contribution in [-0.4, -0.2) is 22.7 Å². The second-order valence-corrected chi connectivity index (χ2v) is 10.3. The van der Waals surface area contributed by atoms with Crippen LogP contribution in [0, 0.1) is 5.92 Å². The van der Waals surface area contributed by atoms with Crippen LogP contribution in [-0.2, 0) is 9.63 Å². The molecule has 0 amide bonds. The number of Topliss-reactive ketones (excluding diaryl/α,β-unsaturated/α-hetero) is 1. The van der Waals surface area contributed by atoms with E-state index in [0.717, 1.165) is 46.4 Å². The molecule has 0 saturated carbocycles. The van der Waals surface area contributed by atoms with E-state index in [9.17, 15) is 9.59 Å². The number of thioether (sulfide) groups is 1. The molecule has 1 unspecified atom stereocenters. The molecule has 180 valence electrons. The lowest BCUT2D eigenvalue weighted by atomic mass is 10.0. The molecule has 3 aromatic rings. The van der Waals surface area contributed by atoms with Crippen molar-refractivity contribution in [3.63, 3.8) is 0 Å². The lowest BCUT2D eigenvalue weighted by Gasteiger charge is -2.15. The summed E-state index contributed by atoms with van der Waals surface area (Å²) in [6.07, 6.45) is 8.42. The molecule has 1 atom stereocenters. The third-order valence-corrected chi connectivity index (χ3v) is 6.89. The Labute approximate surface area is 209 Å². The SMILES string of the molecule is CC(=O)O/N=C(\CCC(C)C)c1ccc(SC2C=CC(C(=O)c3cc4ccccc4o3)=CC2)cc1. The normalized spacial score (nSPS) is 15.9. The molecule has 5 nitrogen and oxygen atoms in total. The smallest absolute Gasteiger partial charge is 0.331 e. The van der Waals surface area contributed by atoms with Crippen LogP contribution in [0.3, 0.4) is 0 Å². The molecule has 1 aromatic heterocycles. The summed E-state index contributed by atoms with van der Waals surface area (Å²) in [7, 11) is 0. The number of nitrogens with zero attached hydrogens (tertiary/aromatic N) is 1. The van der Waals surface area contributed by atoms with E-state index in [-0.39, 0.29) is 11.0 Å². The van der Waals surface area contributed by atoms with Gasteiger partial charge in [-0.25, -0.2) is 4.79 Å². The lowest BCUT2D eigenvalue weighted by molar-refractivity contribution is -0.140. The average molecular weight is 488 g/mol. The van der Waals surface area contributed by atoms with Crippen molar-refractivity contribution in [3.05, 3.63) is 89.7 Å². The van der Waals surface area contributed by atoms with Crippen LogP contribution in [0.1, 0.15) is 56.2 Å². The predicted molar refractivity (Wildman–Crippen MR) is 141 cm³/mol. The predicted octanol–water partition coefficient (Wildman–Crippen LogP) is 7.37. The zero-order chi connectivity index (χ0) is 24.8. The quantitative estimate of drug-likeness (QED) is 0.136. The minimum Gasteiger partial charge on any atom is -0.453 e. The van der Waals surface area contributed by atoms with Crippen molar-refractivity contribution in [1.29, 1.82) is 0 Å². The van der Waals surface area contributed by atoms with Gasteiger partial charge in [0, 0.05) is 28.0 Å². The fourth-order valence-corrected chi connectivity index (χ4v) is 4.77. The van der Waals surface area contributed by atoms with Crippen LogP contribution in [0.4, 0.5) is 0 Å². The molecule has 0 bridgehead atoms. The van der Waals surface area contributed by atoms with Crippen molar-refractivity contribution in [2.75, 3.05) is 0 Å². The fraction of sp³-hybridized carbons (Fsp3) is 0.276. The van der Waals surface area contributed by atoms with Gasteiger partial charge in [0.15, 0.2) is 5.76 Å². The van der Waals surface area contributed by atoms with E-state index in [0.29, 0.717) is 17.3 Å². The number of para-hydroxylation sites is 1. The van der Waals surface area contributed by atoms with Crippen molar-refractivity contribution in [1.82, 2.24) is 0 Å². The van der Waals surface area contributed by atoms with E-state index in [1.165, 1.54) is 6.92 Å². The Bertz CT molecular complexity index is 1260. The Kier molecular flexibility index (Phi) is 8.03. The molecule has 0 radical (unpaired) electrons. The highest BCUT2D eigenvalue weighted by Crippen LogP contribution is 2.31. The molecule has 0 fully saturated rings. The molecule has 1 aliphatic rings. The van der Waals surface area contributed by atoms with Crippen molar-refractivity contribution in [3.8, 4) is 0 Å². The van der Waals surface area contributed by atoms with Crippen LogP contribution >= 0.6 is 11.8 Å². The highest BCUT2D eigenvalue weighted by molar-refractivity contribution is 8.00. The first-order valence-corrected chi connectivity index (χ1v) is 12.7. The molecule has 0 N–H and O–H groups in total. The number of allylic oxidation sites excluding steroid dienone is 3. The van der Waals surface area contributed by atoms with Gasteiger partial charge in [-0.2, -0.15) is 0 Å². The van der Waals surface area contributed by atoms with E-state index < -0.39 is 5.97 Å². The number of rotatable bonds is 9. The first-order chi connectivity index (χ1) is 16.9. The number of fused-ring (bicyclic) bond motifs is 1. The van der Waals surface area contributed by atoms with Gasteiger partial charge in [0.05, 0.1) is 5.71 Å². The van der Waals surface area contributed by atoms with Gasteiger partial charge < -0.3 is 9.25 Å². The second-order valence-electron chi connectivity index (χ2n) is 8.97. The summed E-state index contributed by atoms with van der Waals surface area (Å²) in [6.45, 7) is 5.67. The van der Waals surface area contributed by atoms with Crippen molar-refractivity contribution < 1.29 is 18.8 Å². The van der Waals surface area contributed by atoms with Gasteiger partial charge in [0.25, 0.3) is 0 Å². The van der Waals surface area contributed by atoms with Gasteiger partial charge in [-0.05, 0) is 55.0 Å². The maximum atomic E-state index is 12.9. The minimum atomic E-state index is -0.422. The summed E-state index contributed by atoms with van der Waals surface area (Å²) in [5.41, 5.74) is 3.11. The third-order valence-electron chi connectivity index (χ3n) is 5.69. The van der Waals surface area contributed by atoms with Gasteiger partial charge >= 0.3 is 5.97 Å². The second kappa shape index (κ2) is 11.4. The van der Waals surface area contributed by atoms with E-state index in [1.54, 1.807) is 17.8 Å². The van der Waals surface area contributed by atoms with Crippen LogP contribution < -0.4 is 0 Å². The van der Waals surface area contributed by atoms with Crippen molar-refractivity contribution in [2.45, 2.75) is 50.2 Å². The van der Waals surface area contributed by atoms with E-state index in [1.807, 2.05) is 48.6 Å². The summed E-state index contributed by atoms with van der Waals surface area (Å²) >= 11 is 1.74. The molecular formula is C29H29NO4S. The van der Waals surface area contributed by atoms with E-state index >= 15 is 0 Å². The summed E-state index contributed by atoms with van der Waals surface area (Å²) in [5.74, 6) is 0.385. The lowest BCUT2D eigenvalue weighted by Crippen LogP contribution is -2.08. The summed E-state index contributed by atoms with van der Waals surface area (Å²) in [5, 5.41) is 5.24. The number of carbonyl (C=O) groups is 2. The summed E-state index contributed by atoms with van der Waals surface area (Å²) in [6, 6.07) is 17.6. The van der Waals surface area contributed by atoms with Gasteiger partial charge in [-0.3, -0.25) is 4.79 Å². The topological polar surface area (TPSA) is 68.9 Å². The maximum Gasteiger partial charge on any atom is 0.331 e. The Balaban J connectivity index is 1.38. The molecule has 1 heterocycles. The fourth-order valence-electron chi connectivity index (χ4n) is 3.78. The highest BCUT2D eigenvalue weighted by atomic mass is 32.2. The Morgan fingerprint density at radius 3 is 2.57 bits per heavy atom. The molecule has 4 rings (SSSR count). The molecule has 35 heavy (non-hydrogen) atoms. The molecule has 0 spiro atoms. The highest BCUT2D eigenvalue weighted by Gasteiger charge is 2.19. The standard InChI is InChI=1S/C29H29NO4S/c1-19(2)8-17-26(30-34-20(3)31)21-9-13-24(14-10-21)35-25-15-11-22(12-16-25)29(32)28-18-23-6-4-5-7-27(23)33-28/h4-7,9-15,18-19,25H,8,16-17H2,1-3H3/b30-26+. The number of hydrogen-bond donors (Lipinski definition) is 0. The first-order valence-electron chi connectivity index (χ1n) is 11.8. The van der Waals surface area contributed by atoms with E-state index in [2.05, 4.69) is 37.2 Å². The first kappa shape index (κ1) is 24.7. The maximum absolute atomic E-state index is 12.9. The number of hydrogen-bond acceptors (Lipinski definition) is 6. The summed E-state index contributed by atoms with van der Waals surface area (Å²) in [4.78, 5) is 30.1. The van der Waals surface area contributed by atoms with Crippen LogP contribution in [0.5, 0.6) is 0 Å². The molecular weight excluding hydrogens is 458 g/mol. The Morgan fingerprint density at radius 1 is 1.14 bits per heavy atom. The van der Waals surface area contributed by atoms with Gasteiger partial charge in [0.1, 0.15) is 5.58 Å². The Morgan fingerprint density at radius 2 is 1.91 bits per heavy atom. The van der Waals surface area contributed by atoms with Crippen molar-refractivity contribution in [2.24, 2.45) is 11.1 Å². The minimum absolute atomic E-state index is 0.0914. The molecule has 1 aliphatic carbocycles. The van der Waals surface area contributed by atoms with Gasteiger partial charge in [-0.1, -0.05) is 67.6 Å². The summed E-state index contributed by atoms with van der Waals surface area (Å²) < 4.78 is 5.73. The number of oxime groups is 1. The average Bonchev–Trinajstić information content (AvgIpc) is 3.29. The van der Waals surface area contributed by atoms with Crippen molar-refractivity contribution >= 4 is 40.2 Å². The van der Waals surface area contributed by atoms with E-state index in [4.69, 9.17) is 9.25 Å². The number of ketones is 1. The molecule has 0 saturated heterocycles. The monoisotopic (exact) mass is 487 g/mol. The third kappa shape index (κ3) is 6.61.